The third-order valence-electron chi connectivity index (χ3n) is 2.09. The summed E-state index contributed by atoms with van der Waals surface area (Å²) < 4.78 is 2.21. The Hall–Kier alpha value is -1.33. The molecule has 0 aromatic carbocycles. The topological polar surface area (TPSA) is 50.4 Å². The average molecular weight is 315 g/mol. The van der Waals surface area contributed by atoms with Gasteiger partial charge in [-0.2, -0.15) is 5.10 Å². The van der Waals surface area contributed by atoms with Crippen molar-refractivity contribution in [3.63, 3.8) is 0 Å². The summed E-state index contributed by atoms with van der Waals surface area (Å²) in [7, 11) is 0. The summed E-state index contributed by atoms with van der Waals surface area (Å²) in [6, 6.07) is 1.56. The second kappa shape index (κ2) is 4.89. The van der Waals surface area contributed by atoms with E-state index in [1.165, 1.54) is 4.52 Å². The minimum atomic E-state index is 0.0561. The lowest BCUT2D eigenvalue weighted by molar-refractivity contribution is 0.508. The molecular formula is C11H9BrClN3O. The van der Waals surface area contributed by atoms with Gasteiger partial charge in [-0.05, 0) is 28.9 Å². The molecule has 0 fully saturated rings. The average Bonchev–Trinajstić information content (AvgIpc) is 2.69. The minimum absolute atomic E-state index is 0.0561. The molecule has 0 aliphatic heterocycles. The largest absolute Gasteiger partial charge is 0.506 e. The van der Waals surface area contributed by atoms with Crippen LogP contribution in [0, 0.1) is 0 Å². The number of rotatable bonds is 2. The number of aliphatic hydroxyl groups excluding tert-OH is 1. The number of nitrogens with zero attached hydrogens (tertiary/aromatic N) is 3. The van der Waals surface area contributed by atoms with Crippen molar-refractivity contribution in [3.8, 4) is 0 Å². The number of aliphatic hydroxyl groups is 1. The SMILES string of the molecule is C/C=C\C=C(/O)c1cc(Cl)n2ncc(Br)c2n1. The molecule has 0 saturated carbocycles. The normalized spacial score (nSPS) is 12.8. The van der Waals surface area contributed by atoms with Crippen molar-refractivity contribution in [3.05, 3.63) is 45.8 Å². The highest BCUT2D eigenvalue weighted by Gasteiger charge is 2.10. The standard InChI is InChI=1S/C11H9BrClN3O/c1-2-3-4-9(17)8-5-10(13)16-11(15-8)7(12)6-14-16/h2-6,17H,1H3/b3-2-,9-4-. The highest BCUT2D eigenvalue weighted by molar-refractivity contribution is 9.10. The van der Waals surface area contributed by atoms with E-state index in [2.05, 4.69) is 26.0 Å². The minimum Gasteiger partial charge on any atom is -0.506 e. The summed E-state index contributed by atoms with van der Waals surface area (Å²) in [4.78, 5) is 4.27. The Balaban J connectivity index is 2.60. The summed E-state index contributed by atoms with van der Waals surface area (Å²) in [5.41, 5.74) is 0.967. The maximum Gasteiger partial charge on any atom is 0.171 e. The Labute approximate surface area is 111 Å². The first-order valence-corrected chi connectivity index (χ1v) is 6.02. The molecule has 88 valence electrons. The van der Waals surface area contributed by atoms with Crippen molar-refractivity contribution < 1.29 is 5.11 Å². The van der Waals surface area contributed by atoms with Gasteiger partial charge in [0.2, 0.25) is 0 Å². The van der Waals surface area contributed by atoms with Gasteiger partial charge in [0.05, 0.1) is 10.7 Å². The maximum absolute atomic E-state index is 9.81. The van der Waals surface area contributed by atoms with E-state index >= 15 is 0 Å². The van der Waals surface area contributed by atoms with E-state index in [1.807, 2.05) is 13.0 Å². The van der Waals surface area contributed by atoms with Crippen LogP contribution in [0.2, 0.25) is 5.15 Å². The van der Waals surface area contributed by atoms with Gasteiger partial charge in [-0.15, -0.1) is 0 Å². The first kappa shape index (κ1) is 12.1. The summed E-state index contributed by atoms with van der Waals surface area (Å²) in [6.07, 6.45) is 6.69. The molecule has 2 aromatic rings. The predicted octanol–water partition coefficient (Wildman–Crippen LogP) is 3.62. The molecule has 0 spiro atoms. The van der Waals surface area contributed by atoms with E-state index in [1.54, 1.807) is 24.4 Å². The van der Waals surface area contributed by atoms with Crippen molar-refractivity contribution in [1.82, 2.24) is 14.6 Å². The second-order valence-corrected chi connectivity index (χ2v) is 4.51. The highest BCUT2D eigenvalue weighted by Crippen LogP contribution is 2.22. The summed E-state index contributed by atoms with van der Waals surface area (Å²) in [5, 5.41) is 14.2. The third kappa shape index (κ3) is 2.35. The van der Waals surface area contributed by atoms with Gasteiger partial charge < -0.3 is 5.11 Å². The van der Waals surface area contributed by atoms with Gasteiger partial charge >= 0.3 is 0 Å². The van der Waals surface area contributed by atoms with Crippen LogP contribution in [0.15, 0.2) is 35.0 Å². The van der Waals surface area contributed by atoms with Crippen LogP contribution in [0.25, 0.3) is 11.4 Å². The van der Waals surface area contributed by atoms with Crippen molar-refractivity contribution in [2.45, 2.75) is 6.92 Å². The Morgan fingerprint density at radius 3 is 3.06 bits per heavy atom. The molecular weight excluding hydrogens is 305 g/mol. The van der Waals surface area contributed by atoms with E-state index in [0.717, 1.165) is 4.47 Å². The first-order valence-electron chi connectivity index (χ1n) is 4.85. The number of halogens is 2. The maximum atomic E-state index is 9.81. The number of hydrogen-bond donors (Lipinski definition) is 1. The Bertz CT molecular complexity index is 618. The van der Waals surface area contributed by atoms with Crippen LogP contribution in [0.1, 0.15) is 12.6 Å². The Kier molecular flexibility index (Phi) is 3.49. The molecule has 2 heterocycles. The summed E-state index contributed by atoms with van der Waals surface area (Å²) in [5.74, 6) is 0.0561. The van der Waals surface area contributed by atoms with Crippen LogP contribution in [0.3, 0.4) is 0 Å². The smallest absolute Gasteiger partial charge is 0.171 e. The van der Waals surface area contributed by atoms with Crippen molar-refractivity contribution >= 4 is 38.9 Å². The number of aromatic nitrogens is 3. The molecule has 0 aliphatic rings. The fourth-order valence-corrected chi connectivity index (χ4v) is 1.88. The molecule has 4 nitrogen and oxygen atoms in total. The van der Waals surface area contributed by atoms with Gasteiger partial charge in [0, 0.05) is 6.07 Å². The van der Waals surface area contributed by atoms with Crippen LogP contribution < -0.4 is 0 Å². The van der Waals surface area contributed by atoms with Crippen LogP contribution in [0.5, 0.6) is 0 Å². The number of allylic oxidation sites excluding steroid dienone is 3. The zero-order valence-electron chi connectivity index (χ0n) is 8.93. The number of fused-ring (bicyclic) bond motifs is 1. The lowest BCUT2D eigenvalue weighted by Gasteiger charge is -2.02. The van der Waals surface area contributed by atoms with Gasteiger partial charge in [-0.3, -0.25) is 0 Å². The molecule has 0 radical (unpaired) electrons. The van der Waals surface area contributed by atoms with E-state index < -0.39 is 0 Å². The molecule has 0 atom stereocenters. The van der Waals surface area contributed by atoms with Crippen molar-refractivity contribution in [1.29, 1.82) is 0 Å². The molecule has 0 aliphatic carbocycles. The van der Waals surface area contributed by atoms with E-state index in [4.69, 9.17) is 11.6 Å². The highest BCUT2D eigenvalue weighted by atomic mass is 79.9. The molecule has 0 unspecified atom stereocenters. The lowest BCUT2D eigenvalue weighted by atomic mass is 10.3. The van der Waals surface area contributed by atoms with Crippen molar-refractivity contribution in [2.75, 3.05) is 0 Å². The van der Waals surface area contributed by atoms with Gasteiger partial charge in [0.1, 0.15) is 16.6 Å². The molecule has 17 heavy (non-hydrogen) atoms. The quantitative estimate of drug-likeness (QED) is 0.523. The van der Waals surface area contributed by atoms with Gasteiger partial charge in [-0.25, -0.2) is 9.50 Å². The number of hydrogen-bond acceptors (Lipinski definition) is 3. The fraction of sp³-hybridized carbons (Fsp3) is 0.0909. The molecule has 0 bridgehead atoms. The van der Waals surface area contributed by atoms with E-state index in [0.29, 0.717) is 16.5 Å². The van der Waals surface area contributed by atoms with Crippen LogP contribution in [-0.4, -0.2) is 19.7 Å². The second-order valence-electron chi connectivity index (χ2n) is 3.27. The molecule has 0 amide bonds. The zero-order chi connectivity index (χ0) is 12.4. The Morgan fingerprint density at radius 2 is 2.35 bits per heavy atom. The van der Waals surface area contributed by atoms with Crippen LogP contribution in [-0.2, 0) is 0 Å². The van der Waals surface area contributed by atoms with E-state index in [9.17, 15) is 5.11 Å². The van der Waals surface area contributed by atoms with E-state index in [-0.39, 0.29) is 5.76 Å². The summed E-state index contributed by atoms with van der Waals surface area (Å²) >= 11 is 9.35. The van der Waals surface area contributed by atoms with Crippen LogP contribution >= 0.6 is 27.5 Å². The van der Waals surface area contributed by atoms with Gasteiger partial charge in [0.25, 0.3) is 0 Å². The van der Waals surface area contributed by atoms with Gasteiger partial charge in [-0.1, -0.05) is 23.8 Å². The van der Waals surface area contributed by atoms with Crippen molar-refractivity contribution in [2.24, 2.45) is 0 Å². The van der Waals surface area contributed by atoms with Gasteiger partial charge in [0.15, 0.2) is 5.65 Å². The molecule has 2 aromatic heterocycles. The van der Waals surface area contributed by atoms with Crippen LogP contribution in [0.4, 0.5) is 0 Å². The molecule has 6 heteroatoms. The first-order chi connectivity index (χ1) is 8.13. The molecule has 2 rings (SSSR count). The fourth-order valence-electron chi connectivity index (χ4n) is 1.30. The monoisotopic (exact) mass is 313 g/mol. The predicted molar refractivity (Wildman–Crippen MR) is 71.1 cm³/mol. The molecule has 1 N–H and O–H groups in total. The molecule has 0 saturated heterocycles. The third-order valence-corrected chi connectivity index (χ3v) is 2.92. The zero-order valence-corrected chi connectivity index (χ0v) is 11.3. The summed E-state index contributed by atoms with van der Waals surface area (Å²) in [6.45, 7) is 1.86. The Morgan fingerprint density at radius 1 is 1.59 bits per heavy atom. The lowest BCUT2D eigenvalue weighted by Crippen LogP contribution is -1.97.